The second kappa shape index (κ2) is 9.52. The van der Waals surface area contributed by atoms with Crippen LogP contribution in [0.1, 0.15) is 38.2 Å². The highest BCUT2D eigenvalue weighted by Gasteiger charge is 2.37. The molecule has 0 spiro atoms. The summed E-state index contributed by atoms with van der Waals surface area (Å²) in [4.78, 5) is 38.6. The zero-order valence-electron chi connectivity index (χ0n) is 17.1. The van der Waals surface area contributed by atoms with E-state index in [0.29, 0.717) is 0 Å². The lowest BCUT2D eigenvalue weighted by molar-refractivity contribution is -0.151. The fraction of sp³-hybridized carbons (Fsp3) is 0.348. The van der Waals surface area contributed by atoms with Gasteiger partial charge in [0.1, 0.15) is 5.82 Å². The van der Waals surface area contributed by atoms with E-state index < -0.39 is 30.2 Å². The lowest BCUT2D eigenvalue weighted by atomic mass is 9.96. The number of rotatable bonds is 7. The Bertz CT molecular complexity index is 946. The lowest BCUT2D eigenvalue weighted by Gasteiger charge is -2.23. The number of esters is 1. The van der Waals surface area contributed by atoms with Gasteiger partial charge in [-0.3, -0.25) is 14.4 Å². The topological polar surface area (TPSA) is 75.7 Å². The number of halogens is 1. The van der Waals surface area contributed by atoms with Crippen molar-refractivity contribution in [2.45, 2.75) is 32.6 Å². The molecule has 2 atom stereocenters. The van der Waals surface area contributed by atoms with Gasteiger partial charge in [0.2, 0.25) is 5.91 Å². The number of hydrogen-bond acceptors (Lipinski definition) is 4. The number of anilines is 2. The molecule has 0 saturated carbocycles. The molecule has 1 saturated heterocycles. The van der Waals surface area contributed by atoms with Gasteiger partial charge in [-0.15, -0.1) is 0 Å². The largest absolute Gasteiger partial charge is 0.455 e. The molecule has 3 rings (SSSR count). The van der Waals surface area contributed by atoms with E-state index in [0.717, 1.165) is 17.7 Å². The summed E-state index contributed by atoms with van der Waals surface area (Å²) in [6, 6.07) is 13.4. The summed E-state index contributed by atoms with van der Waals surface area (Å²) in [5.74, 6) is -2.35. The van der Waals surface area contributed by atoms with Crippen molar-refractivity contribution in [3.63, 3.8) is 0 Å². The highest BCUT2D eigenvalue weighted by Crippen LogP contribution is 2.33. The number of nitrogens with one attached hydrogen (secondary N) is 1. The SMILES string of the molecule is CC[C@@H](C)c1ccccc1N1C[C@@H](C(=O)OCC(=O)Nc2ccccc2F)CC1=O. The molecule has 0 bridgehead atoms. The molecule has 2 aromatic carbocycles. The van der Waals surface area contributed by atoms with Crippen molar-refractivity contribution in [1.82, 2.24) is 0 Å². The predicted octanol–water partition coefficient (Wildman–Crippen LogP) is 3.87. The molecule has 1 fully saturated rings. The van der Waals surface area contributed by atoms with E-state index in [9.17, 15) is 18.8 Å². The summed E-state index contributed by atoms with van der Waals surface area (Å²) in [7, 11) is 0. The van der Waals surface area contributed by atoms with Crippen LogP contribution in [0.15, 0.2) is 48.5 Å². The fourth-order valence-electron chi connectivity index (χ4n) is 3.47. The van der Waals surface area contributed by atoms with E-state index in [1.54, 1.807) is 11.0 Å². The van der Waals surface area contributed by atoms with Crippen molar-refractivity contribution in [3.05, 3.63) is 59.9 Å². The first-order valence-electron chi connectivity index (χ1n) is 10.0. The number of benzene rings is 2. The maximum Gasteiger partial charge on any atom is 0.311 e. The number of ether oxygens (including phenoxy) is 1. The van der Waals surface area contributed by atoms with Crippen LogP contribution in [0, 0.1) is 11.7 Å². The molecular weight excluding hydrogens is 387 g/mol. The average Bonchev–Trinajstić information content (AvgIpc) is 3.14. The number of hydrogen-bond donors (Lipinski definition) is 1. The first-order valence-corrected chi connectivity index (χ1v) is 10.0. The van der Waals surface area contributed by atoms with Crippen molar-refractivity contribution in [3.8, 4) is 0 Å². The predicted molar refractivity (Wildman–Crippen MR) is 112 cm³/mol. The normalized spacial score (nSPS) is 17.0. The minimum atomic E-state index is -0.649. The summed E-state index contributed by atoms with van der Waals surface area (Å²) in [6.07, 6.45) is 0.963. The number of amides is 2. The molecule has 1 heterocycles. The molecule has 6 nitrogen and oxygen atoms in total. The first kappa shape index (κ1) is 21.5. The Morgan fingerprint density at radius 2 is 1.90 bits per heavy atom. The Morgan fingerprint density at radius 1 is 1.20 bits per heavy atom. The third kappa shape index (κ3) is 4.84. The van der Waals surface area contributed by atoms with Crippen molar-refractivity contribution >= 4 is 29.2 Å². The molecule has 158 valence electrons. The van der Waals surface area contributed by atoms with Crippen LogP contribution in [0.2, 0.25) is 0 Å². The summed E-state index contributed by atoms with van der Waals surface area (Å²) in [6.45, 7) is 3.85. The Kier molecular flexibility index (Phi) is 6.82. The molecule has 2 amide bonds. The number of carbonyl (C=O) groups excluding carboxylic acids is 3. The number of carbonyl (C=O) groups is 3. The standard InChI is InChI=1S/C23H25FN2O4/c1-3-15(2)17-8-4-7-11-20(17)26-13-16(12-22(26)28)23(29)30-14-21(27)25-19-10-6-5-9-18(19)24/h4-11,15-16H,3,12-14H2,1-2H3,(H,25,27)/t15-,16+/m1/s1. The van der Waals surface area contributed by atoms with Gasteiger partial charge >= 0.3 is 5.97 Å². The summed E-state index contributed by atoms with van der Waals surface area (Å²) in [5.41, 5.74) is 1.89. The van der Waals surface area contributed by atoms with Crippen molar-refractivity contribution < 1.29 is 23.5 Å². The zero-order chi connectivity index (χ0) is 21.7. The minimum absolute atomic E-state index is 0.0161. The van der Waals surface area contributed by atoms with Crippen LogP contribution in [0.25, 0.3) is 0 Å². The first-order chi connectivity index (χ1) is 14.4. The van der Waals surface area contributed by atoms with Crippen LogP contribution in [0.5, 0.6) is 0 Å². The monoisotopic (exact) mass is 412 g/mol. The zero-order valence-corrected chi connectivity index (χ0v) is 17.1. The van der Waals surface area contributed by atoms with E-state index >= 15 is 0 Å². The molecular formula is C23H25FN2O4. The van der Waals surface area contributed by atoms with E-state index in [-0.39, 0.29) is 30.5 Å². The van der Waals surface area contributed by atoms with E-state index in [2.05, 4.69) is 19.2 Å². The molecule has 0 aliphatic carbocycles. The third-order valence-corrected chi connectivity index (χ3v) is 5.32. The van der Waals surface area contributed by atoms with Gasteiger partial charge in [0.15, 0.2) is 6.61 Å². The van der Waals surface area contributed by atoms with Crippen molar-refractivity contribution in [1.29, 1.82) is 0 Å². The quantitative estimate of drug-likeness (QED) is 0.701. The number of para-hydroxylation sites is 2. The highest BCUT2D eigenvalue weighted by atomic mass is 19.1. The summed E-state index contributed by atoms with van der Waals surface area (Å²) in [5, 5.41) is 2.36. The molecule has 7 heteroatoms. The molecule has 2 aromatic rings. The van der Waals surface area contributed by atoms with Gasteiger partial charge in [-0.1, -0.05) is 44.2 Å². The van der Waals surface area contributed by atoms with Gasteiger partial charge in [-0.2, -0.15) is 0 Å². The summed E-state index contributed by atoms with van der Waals surface area (Å²) >= 11 is 0. The van der Waals surface area contributed by atoms with Crippen LogP contribution in [-0.2, 0) is 19.1 Å². The Balaban J connectivity index is 1.59. The molecule has 0 radical (unpaired) electrons. The maximum absolute atomic E-state index is 13.6. The van der Waals surface area contributed by atoms with Gasteiger partial charge in [0, 0.05) is 18.7 Å². The maximum atomic E-state index is 13.6. The number of nitrogens with zero attached hydrogens (tertiary/aromatic N) is 1. The smallest absolute Gasteiger partial charge is 0.311 e. The Hall–Kier alpha value is -3.22. The van der Waals surface area contributed by atoms with Crippen LogP contribution in [0.3, 0.4) is 0 Å². The Morgan fingerprint density at radius 3 is 2.63 bits per heavy atom. The molecule has 0 unspecified atom stereocenters. The molecule has 30 heavy (non-hydrogen) atoms. The fourth-order valence-corrected chi connectivity index (χ4v) is 3.47. The molecule has 1 aliphatic rings. The Labute approximate surface area is 175 Å². The van der Waals surface area contributed by atoms with E-state index in [1.165, 1.54) is 18.2 Å². The molecule has 0 aromatic heterocycles. The van der Waals surface area contributed by atoms with Crippen LogP contribution in [-0.4, -0.2) is 30.9 Å². The van der Waals surface area contributed by atoms with E-state index in [4.69, 9.17) is 4.74 Å². The van der Waals surface area contributed by atoms with Crippen molar-refractivity contribution in [2.24, 2.45) is 5.92 Å². The second-order valence-corrected chi connectivity index (χ2v) is 7.41. The van der Waals surface area contributed by atoms with Gasteiger partial charge < -0.3 is 15.0 Å². The van der Waals surface area contributed by atoms with Crippen LogP contribution in [0.4, 0.5) is 15.8 Å². The highest BCUT2D eigenvalue weighted by molar-refractivity contribution is 6.00. The van der Waals surface area contributed by atoms with Crippen LogP contribution >= 0.6 is 0 Å². The van der Waals surface area contributed by atoms with Gasteiger partial charge in [0.05, 0.1) is 11.6 Å². The lowest BCUT2D eigenvalue weighted by Crippen LogP contribution is -2.29. The van der Waals surface area contributed by atoms with Crippen molar-refractivity contribution in [2.75, 3.05) is 23.4 Å². The van der Waals surface area contributed by atoms with Gasteiger partial charge in [-0.05, 0) is 36.1 Å². The minimum Gasteiger partial charge on any atom is -0.455 e. The molecule has 1 N–H and O–H groups in total. The third-order valence-electron chi connectivity index (χ3n) is 5.32. The average molecular weight is 412 g/mol. The van der Waals surface area contributed by atoms with Gasteiger partial charge in [0.25, 0.3) is 5.91 Å². The molecule has 1 aliphatic heterocycles. The van der Waals surface area contributed by atoms with Crippen LogP contribution < -0.4 is 10.2 Å². The second-order valence-electron chi connectivity index (χ2n) is 7.41. The summed E-state index contributed by atoms with van der Waals surface area (Å²) < 4.78 is 18.7. The van der Waals surface area contributed by atoms with E-state index in [1.807, 2.05) is 24.3 Å². The van der Waals surface area contributed by atoms with Gasteiger partial charge in [-0.25, -0.2) is 4.39 Å².